The van der Waals surface area contributed by atoms with Crippen molar-refractivity contribution in [2.24, 2.45) is 10.9 Å². The number of aromatic nitrogens is 1. The number of likely N-dealkylation sites (N-methyl/N-ethyl adjacent to an activating group) is 1. The normalized spacial score (nSPS) is 16.0. The van der Waals surface area contributed by atoms with E-state index in [1.165, 1.54) is 12.8 Å². The number of rotatable bonds is 11. The lowest BCUT2D eigenvalue weighted by Gasteiger charge is -2.31. The first-order chi connectivity index (χ1) is 14.0. The zero-order valence-electron chi connectivity index (χ0n) is 19.4. The minimum Gasteiger partial charge on any atom is -0.444 e. The molecule has 1 aromatic rings. The van der Waals surface area contributed by atoms with Gasteiger partial charge in [-0.3, -0.25) is 9.89 Å². The lowest BCUT2D eigenvalue weighted by atomic mass is 9.97. The van der Waals surface area contributed by atoms with Crippen LogP contribution in [-0.2, 0) is 11.3 Å². The van der Waals surface area contributed by atoms with E-state index in [0.717, 1.165) is 82.1 Å². The molecule has 2 heterocycles. The third-order valence-electron chi connectivity index (χ3n) is 5.59. The quantitative estimate of drug-likeness (QED) is 0.195. The van der Waals surface area contributed by atoms with Crippen LogP contribution in [0.25, 0.3) is 0 Å². The first-order valence-corrected chi connectivity index (χ1v) is 10.8. The van der Waals surface area contributed by atoms with Gasteiger partial charge >= 0.3 is 0 Å². The molecule has 1 aromatic heterocycles. The van der Waals surface area contributed by atoms with Gasteiger partial charge in [0.2, 0.25) is 5.89 Å². The number of aliphatic imine (C=N–C) groups is 1. The van der Waals surface area contributed by atoms with Crippen LogP contribution < -0.4 is 10.6 Å². The van der Waals surface area contributed by atoms with Gasteiger partial charge in [-0.15, -0.1) is 24.0 Å². The second-order valence-electron chi connectivity index (χ2n) is 8.00. The van der Waals surface area contributed by atoms with Crippen LogP contribution in [0.2, 0.25) is 0 Å². The number of nitrogens with zero attached hydrogens (tertiary/aromatic N) is 4. The van der Waals surface area contributed by atoms with Gasteiger partial charge in [0, 0.05) is 46.9 Å². The molecule has 0 spiro atoms. The van der Waals surface area contributed by atoms with Crippen LogP contribution >= 0.6 is 24.0 Å². The van der Waals surface area contributed by atoms with E-state index < -0.39 is 0 Å². The molecular weight excluding hydrogens is 495 g/mol. The molecule has 1 fully saturated rings. The molecule has 1 saturated heterocycles. The fraction of sp³-hybridized carbons (Fsp3) is 0.810. The van der Waals surface area contributed by atoms with Crippen LogP contribution in [0, 0.1) is 19.8 Å². The van der Waals surface area contributed by atoms with Crippen molar-refractivity contribution in [3.8, 4) is 0 Å². The molecule has 0 radical (unpaired) electrons. The summed E-state index contributed by atoms with van der Waals surface area (Å²) >= 11 is 0. The van der Waals surface area contributed by atoms with Gasteiger partial charge in [0.15, 0.2) is 5.96 Å². The number of hydrogen-bond acceptors (Lipinski definition) is 6. The van der Waals surface area contributed by atoms with Crippen LogP contribution in [0.5, 0.6) is 0 Å². The Kier molecular flexibility index (Phi) is 13.5. The first kappa shape index (κ1) is 27.1. The minimum atomic E-state index is 0. The molecule has 0 aromatic carbocycles. The van der Waals surface area contributed by atoms with Gasteiger partial charge in [-0.1, -0.05) is 0 Å². The van der Waals surface area contributed by atoms with E-state index in [0.29, 0.717) is 5.92 Å². The van der Waals surface area contributed by atoms with Crippen LogP contribution in [0.3, 0.4) is 0 Å². The Hall–Kier alpha value is -0.910. The predicted molar refractivity (Wildman–Crippen MR) is 133 cm³/mol. The molecule has 0 bridgehead atoms. The molecule has 0 saturated carbocycles. The second-order valence-corrected chi connectivity index (χ2v) is 8.00. The first-order valence-electron chi connectivity index (χ1n) is 10.8. The zero-order valence-corrected chi connectivity index (χ0v) is 21.7. The average Bonchev–Trinajstić information content (AvgIpc) is 3.02. The second kappa shape index (κ2) is 15.0. The van der Waals surface area contributed by atoms with Gasteiger partial charge in [0.25, 0.3) is 0 Å². The molecule has 2 rings (SSSR count). The summed E-state index contributed by atoms with van der Waals surface area (Å²) in [6.45, 7) is 11.7. The number of nitrogens with one attached hydrogen (secondary N) is 2. The average molecular weight is 537 g/mol. The minimum absolute atomic E-state index is 0. The Labute approximate surface area is 199 Å². The number of aryl methyl sites for hydroxylation is 2. The molecule has 1 aliphatic heterocycles. The van der Waals surface area contributed by atoms with E-state index in [4.69, 9.17) is 9.15 Å². The fourth-order valence-electron chi connectivity index (χ4n) is 3.56. The maximum Gasteiger partial charge on any atom is 0.208 e. The van der Waals surface area contributed by atoms with Gasteiger partial charge < -0.3 is 24.7 Å². The summed E-state index contributed by atoms with van der Waals surface area (Å²) in [7, 11) is 5.72. The Balaban J connectivity index is 0.00000450. The molecule has 0 amide bonds. The molecule has 0 aliphatic carbocycles. The molecule has 0 unspecified atom stereocenters. The lowest BCUT2D eigenvalue weighted by Crippen LogP contribution is -2.44. The summed E-state index contributed by atoms with van der Waals surface area (Å²) in [6, 6.07) is 0. The number of oxazole rings is 1. The molecule has 8 nitrogen and oxygen atoms in total. The summed E-state index contributed by atoms with van der Waals surface area (Å²) in [4.78, 5) is 13.6. The molecule has 2 N–H and O–H groups in total. The van der Waals surface area contributed by atoms with Gasteiger partial charge in [-0.05, 0) is 59.2 Å². The largest absolute Gasteiger partial charge is 0.444 e. The van der Waals surface area contributed by atoms with Crippen molar-refractivity contribution in [3.05, 3.63) is 17.3 Å². The van der Waals surface area contributed by atoms with E-state index in [-0.39, 0.29) is 24.0 Å². The van der Waals surface area contributed by atoms with Gasteiger partial charge in [0.05, 0.1) is 12.2 Å². The number of halogens is 1. The van der Waals surface area contributed by atoms with E-state index >= 15 is 0 Å². The highest BCUT2D eigenvalue weighted by atomic mass is 127. The number of likely N-dealkylation sites (tertiary alicyclic amines) is 1. The SMILES string of the molecule is CN=C(NCCN(C)CCCOC)NCC1CCN(Cc2nc(C)c(C)o2)CC1.I. The van der Waals surface area contributed by atoms with Crippen molar-refractivity contribution in [1.82, 2.24) is 25.4 Å². The monoisotopic (exact) mass is 536 g/mol. The van der Waals surface area contributed by atoms with Crippen molar-refractivity contribution < 1.29 is 9.15 Å². The highest BCUT2D eigenvalue weighted by molar-refractivity contribution is 14.0. The summed E-state index contributed by atoms with van der Waals surface area (Å²) in [5, 5.41) is 6.91. The maximum absolute atomic E-state index is 5.72. The smallest absolute Gasteiger partial charge is 0.208 e. The standard InChI is InChI=1S/C21H40N6O2.HI/c1-17-18(2)29-20(25-17)16-27-11-7-19(8-12-27)15-24-21(22-3)23-9-13-26(4)10-6-14-28-5;/h19H,6-16H2,1-5H3,(H2,22,23,24);1H. The lowest BCUT2D eigenvalue weighted by molar-refractivity contribution is 0.164. The number of hydrogen-bond donors (Lipinski definition) is 2. The highest BCUT2D eigenvalue weighted by Crippen LogP contribution is 2.19. The molecule has 30 heavy (non-hydrogen) atoms. The van der Waals surface area contributed by atoms with Gasteiger partial charge in [0.1, 0.15) is 5.76 Å². The number of piperidine rings is 1. The van der Waals surface area contributed by atoms with Crippen molar-refractivity contribution in [1.29, 1.82) is 0 Å². The Morgan fingerprint density at radius 2 is 2.00 bits per heavy atom. The Bertz CT molecular complexity index is 597. The fourth-order valence-corrected chi connectivity index (χ4v) is 3.56. The molecular formula is C21H41IN6O2. The molecule has 0 atom stereocenters. The zero-order chi connectivity index (χ0) is 21.1. The topological polar surface area (TPSA) is 78.2 Å². The number of guanidine groups is 1. The van der Waals surface area contributed by atoms with Crippen molar-refractivity contribution in [2.75, 3.05) is 67.1 Å². The van der Waals surface area contributed by atoms with Crippen molar-refractivity contribution in [2.45, 2.75) is 39.7 Å². The number of methoxy groups -OCH3 is 1. The number of ether oxygens (including phenoxy) is 1. The molecule has 174 valence electrons. The van der Waals surface area contributed by atoms with Crippen LogP contribution in [0.4, 0.5) is 0 Å². The maximum atomic E-state index is 5.72. The van der Waals surface area contributed by atoms with Crippen LogP contribution in [-0.4, -0.2) is 87.8 Å². The predicted octanol–water partition coefficient (Wildman–Crippen LogP) is 2.25. The van der Waals surface area contributed by atoms with Crippen molar-refractivity contribution >= 4 is 29.9 Å². The third kappa shape index (κ3) is 9.93. The summed E-state index contributed by atoms with van der Waals surface area (Å²) in [5.41, 5.74) is 0.999. The Morgan fingerprint density at radius 1 is 1.27 bits per heavy atom. The van der Waals surface area contributed by atoms with Gasteiger partial charge in [-0.2, -0.15) is 0 Å². The van der Waals surface area contributed by atoms with Crippen LogP contribution in [0.15, 0.2) is 9.41 Å². The molecule has 1 aliphatic rings. The van der Waals surface area contributed by atoms with Crippen molar-refractivity contribution in [3.63, 3.8) is 0 Å². The van der Waals surface area contributed by atoms with E-state index in [2.05, 4.69) is 37.5 Å². The van der Waals surface area contributed by atoms with Gasteiger partial charge in [-0.25, -0.2) is 4.98 Å². The third-order valence-corrected chi connectivity index (χ3v) is 5.59. The van der Waals surface area contributed by atoms with E-state index in [9.17, 15) is 0 Å². The Morgan fingerprint density at radius 3 is 2.60 bits per heavy atom. The van der Waals surface area contributed by atoms with E-state index in [1.807, 2.05) is 20.9 Å². The summed E-state index contributed by atoms with van der Waals surface area (Å²) < 4.78 is 10.8. The highest BCUT2D eigenvalue weighted by Gasteiger charge is 2.21. The van der Waals surface area contributed by atoms with Crippen LogP contribution in [0.1, 0.15) is 36.6 Å². The molecule has 9 heteroatoms. The summed E-state index contributed by atoms with van der Waals surface area (Å²) in [6.07, 6.45) is 3.43. The summed E-state index contributed by atoms with van der Waals surface area (Å²) in [5.74, 6) is 3.34. The van der Waals surface area contributed by atoms with E-state index in [1.54, 1.807) is 7.11 Å².